The summed E-state index contributed by atoms with van der Waals surface area (Å²) in [6.45, 7) is 7.13. The number of likely N-dealkylation sites (tertiary alicyclic amines) is 1. The minimum Gasteiger partial charge on any atom is -0.395 e. The molecule has 2 rings (SSSR count). The van der Waals surface area contributed by atoms with Crippen molar-refractivity contribution >= 4 is 5.91 Å². The fourth-order valence-corrected chi connectivity index (χ4v) is 3.27. The fourth-order valence-electron chi connectivity index (χ4n) is 3.27. The number of nitrogens with zero attached hydrogens (tertiary/aromatic N) is 2. The van der Waals surface area contributed by atoms with Crippen LogP contribution in [0.25, 0.3) is 0 Å². The molecule has 4 heteroatoms. The van der Waals surface area contributed by atoms with E-state index in [0.717, 1.165) is 25.9 Å². The topological polar surface area (TPSA) is 43.8 Å². The molecule has 0 aromatic heterocycles. The summed E-state index contributed by atoms with van der Waals surface area (Å²) >= 11 is 0. The first-order valence-electron chi connectivity index (χ1n) is 8.78. The van der Waals surface area contributed by atoms with E-state index in [9.17, 15) is 9.90 Å². The van der Waals surface area contributed by atoms with Crippen LogP contribution < -0.4 is 0 Å². The lowest BCUT2D eigenvalue weighted by atomic mass is 10.0. The summed E-state index contributed by atoms with van der Waals surface area (Å²) in [7, 11) is 0. The molecule has 1 aromatic carbocycles. The number of carbonyl (C=O) groups excluding carboxylic acids is 1. The summed E-state index contributed by atoms with van der Waals surface area (Å²) in [5, 5.41) is 9.80. The molecule has 1 unspecified atom stereocenters. The van der Waals surface area contributed by atoms with E-state index in [-0.39, 0.29) is 18.6 Å². The molecule has 1 amide bonds. The van der Waals surface area contributed by atoms with Crippen molar-refractivity contribution in [3.8, 4) is 0 Å². The van der Waals surface area contributed by atoms with Gasteiger partial charge in [-0.2, -0.15) is 0 Å². The van der Waals surface area contributed by atoms with Gasteiger partial charge in [-0.05, 0) is 30.7 Å². The maximum Gasteiger partial charge on any atom is 0.236 e. The van der Waals surface area contributed by atoms with E-state index in [0.29, 0.717) is 19.0 Å². The summed E-state index contributed by atoms with van der Waals surface area (Å²) < 4.78 is 0. The molecule has 1 N–H and O–H groups in total. The summed E-state index contributed by atoms with van der Waals surface area (Å²) in [6.07, 6.45) is 3.44. The number of rotatable bonds is 7. The molecule has 1 heterocycles. The number of hydrogen-bond donors (Lipinski definition) is 1. The number of carbonyl (C=O) groups is 1. The molecule has 1 saturated heterocycles. The predicted molar refractivity (Wildman–Crippen MR) is 93.0 cm³/mol. The normalized spacial score (nSPS) is 16.8. The zero-order valence-corrected chi connectivity index (χ0v) is 14.4. The van der Waals surface area contributed by atoms with Crippen LogP contribution in [0.2, 0.25) is 0 Å². The average molecular weight is 318 g/mol. The Bertz CT molecular complexity index is 470. The van der Waals surface area contributed by atoms with Crippen LogP contribution in [0, 0.1) is 5.92 Å². The third kappa shape index (κ3) is 5.33. The monoisotopic (exact) mass is 318 g/mol. The van der Waals surface area contributed by atoms with Gasteiger partial charge in [-0.1, -0.05) is 44.2 Å². The number of benzene rings is 1. The number of aliphatic hydroxyl groups excluding tert-OH is 1. The Morgan fingerprint density at radius 1 is 1.17 bits per heavy atom. The zero-order chi connectivity index (χ0) is 16.7. The van der Waals surface area contributed by atoms with E-state index in [4.69, 9.17) is 0 Å². The molecule has 23 heavy (non-hydrogen) atoms. The first-order chi connectivity index (χ1) is 11.1. The van der Waals surface area contributed by atoms with Gasteiger partial charge in [-0.15, -0.1) is 0 Å². The van der Waals surface area contributed by atoms with E-state index in [1.807, 2.05) is 23.1 Å². The molecule has 1 fully saturated rings. The second-order valence-corrected chi connectivity index (χ2v) is 6.83. The van der Waals surface area contributed by atoms with E-state index >= 15 is 0 Å². The van der Waals surface area contributed by atoms with Gasteiger partial charge >= 0.3 is 0 Å². The molecular weight excluding hydrogens is 288 g/mol. The van der Waals surface area contributed by atoms with Gasteiger partial charge in [0.15, 0.2) is 0 Å². The summed E-state index contributed by atoms with van der Waals surface area (Å²) in [4.78, 5) is 16.8. The highest BCUT2D eigenvalue weighted by molar-refractivity contribution is 5.78. The Morgan fingerprint density at radius 3 is 2.39 bits per heavy atom. The maximum absolute atomic E-state index is 12.6. The molecule has 0 aliphatic carbocycles. The van der Waals surface area contributed by atoms with E-state index in [2.05, 4.69) is 30.9 Å². The molecule has 0 saturated carbocycles. The average Bonchev–Trinajstić information content (AvgIpc) is 2.56. The lowest BCUT2D eigenvalue weighted by Crippen LogP contribution is -2.48. The smallest absolute Gasteiger partial charge is 0.236 e. The predicted octanol–water partition coefficient (Wildman–Crippen LogP) is 2.52. The molecular formula is C19H30N2O2. The molecule has 1 aliphatic heterocycles. The first kappa shape index (κ1) is 18.0. The molecule has 1 aliphatic rings. The molecule has 0 radical (unpaired) electrons. The van der Waals surface area contributed by atoms with Gasteiger partial charge in [0.1, 0.15) is 0 Å². The van der Waals surface area contributed by atoms with Gasteiger partial charge in [0.25, 0.3) is 0 Å². The quantitative estimate of drug-likeness (QED) is 0.840. The number of hydrogen-bond acceptors (Lipinski definition) is 3. The molecule has 128 valence electrons. The largest absolute Gasteiger partial charge is 0.395 e. The molecule has 4 nitrogen and oxygen atoms in total. The number of amides is 1. The SMILES string of the molecule is CC(C)C(CO)N(CC(=O)N1CCCCC1)Cc1ccccc1. The lowest BCUT2D eigenvalue weighted by molar-refractivity contribution is -0.134. The van der Waals surface area contributed by atoms with Gasteiger partial charge in [0, 0.05) is 25.7 Å². The van der Waals surface area contributed by atoms with Crippen LogP contribution >= 0.6 is 0 Å². The van der Waals surface area contributed by atoms with Crippen molar-refractivity contribution in [3.63, 3.8) is 0 Å². The number of aliphatic hydroxyl groups is 1. The van der Waals surface area contributed by atoms with Crippen molar-refractivity contribution in [3.05, 3.63) is 35.9 Å². The zero-order valence-electron chi connectivity index (χ0n) is 14.4. The molecule has 0 bridgehead atoms. The third-order valence-electron chi connectivity index (χ3n) is 4.70. The van der Waals surface area contributed by atoms with Crippen molar-refractivity contribution < 1.29 is 9.90 Å². The van der Waals surface area contributed by atoms with Crippen molar-refractivity contribution in [2.24, 2.45) is 5.92 Å². The van der Waals surface area contributed by atoms with Gasteiger partial charge in [-0.25, -0.2) is 0 Å². The second-order valence-electron chi connectivity index (χ2n) is 6.83. The van der Waals surface area contributed by atoms with Crippen LogP contribution in [0.15, 0.2) is 30.3 Å². The summed E-state index contributed by atoms with van der Waals surface area (Å²) in [5.74, 6) is 0.498. The van der Waals surface area contributed by atoms with Gasteiger partial charge < -0.3 is 10.0 Å². The van der Waals surface area contributed by atoms with Gasteiger partial charge in [0.2, 0.25) is 5.91 Å². The van der Waals surface area contributed by atoms with Crippen LogP contribution in [-0.2, 0) is 11.3 Å². The van der Waals surface area contributed by atoms with Gasteiger partial charge in [0.05, 0.1) is 13.2 Å². The van der Waals surface area contributed by atoms with Crippen LogP contribution in [0.1, 0.15) is 38.7 Å². The Morgan fingerprint density at radius 2 is 1.83 bits per heavy atom. The van der Waals surface area contributed by atoms with Crippen LogP contribution in [0.3, 0.4) is 0 Å². The fraction of sp³-hybridized carbons (Fsp3) is 0.632. The minimum absolute atomic E-state index is 0.00365. The summed E-state index contributed by atoms with van der Waals surface area (Å²) in [6, 6.07) is 10.2. The second kappa shape index (κ2) is 9.04. The van der Waals surface area contributed by atoms with Crippen molar-refractivity contribution in [1.29, 1.82) is 0 Å². The Kier molecular flexibility index (Phi) is 7.06. The minimum atomic E-state index is 0.00365. The lowest BCUT2D eigenvalue weighted by Gasteiger charge is -2.35. The van der Waals surface area contributed by atoms with Crippen molar-refractivity contribution in [2.75, 3.05) is 26.2 Å². The van der Waals surface area contributed by atoms with Crippen LogP contribution in [-0.4, -0.2) is 53.1 Å². The van der Waals surface area contributed by atoms with Crippen molar-refractivity contribution in [1.82, 2.24) is 9.80 Å². The number of piperidine rings is 1. The summed E-state index contributed by atoms with van der Waals surface area (Å²) in [5.41, 5.74) is 1.18. The highest BCUT2D eigenvalue weighted by atomic mass is 16.3. The van der Waals surface area contributed by atoms with Crippen molar-refractivity contribution in [2.45, 2.75) is 45.7 Å². The van der Waals surface area contributed by atoms with Gasteiger partial charge in [-0.3, -0.25) is 9.69 Å². The van der Waals surface area contributed by atoms with E-state index in [1.165, 1.54) is 12.0 Å². The van der Waals surface area contributed by atoms with Crippen LogP contribution in [0.4, 0.5) is 0 Å². The highest BCUT2D eigenvalue weighted by Gasteiger charge is 2.26. The first-order valence-corrected chi connectivity index (χ1v) is 8.78. The molecule has 1 atom stereocenters. The van der Waals surface area contributed by atoms with E-state index < -0.39 is 0 Å². The standard InChI is InChI=1S/C19H30N2O2/c1-16(2)18(15-22)21(13-17-9-5-3-6-10-17)14-19(23)20-11-7-4-8-12-20/h3,5-6,9-10,16,18,22H,4,7-8,11-15H2,1-2H3. The molecule has 0 spiro atoms. The Hall–Kier alpha value is -1.39. The van der Waals surface area contributed by atoms with E-state index in [1.54, 1.807) is 0 Å². The third-order valence-corrected chi connectivity index (χ3v) is 4.70. The Labute approximate surface area is 140 Å². The van der Waals surface area contributed by atoms with Crippen LogP contribution in [0.5, 0.6) is 0 Å². The molecule has 1 aromatic rings. The maximum atomic E-state index is 12.6. The highest BCUT2D eigenvalue weighted by Crippen LogP contribution is 2.16. The Balaban J connectivity index is 2.07.